The Morgan fingerprint density at radius 1 is 1.12 bits per heavy atom. The van der Waals surface area contributed by atoms with Crippen LogP contribution in [0.1, 0.15) is 24.0 Å². The number of hydrogen-bond acceptors (Lipinski definition) is 4. The quantitative estimate of drug-likeness (QED) is 0.585. The molecule has 2 aromatic heterocycles. The third kappa shape index (κ3) is 3.30. The molecule has 0 unspecified atom stereocenters. The van der Waals surface area contributed by atoms with Crippen molar-refractivity contribution < 1.29 is 0 Å². The lowest BCUT2D eigenvalue weighted by molar-refractivity contribution is 0.793. The lowest BCUT2D eigenvalue weighted by atomic mass is 9.90. The standard InChI is InChI=1S/C20H19N3S2/c1-2-12-21-20-23(18(14-25-20)19-11-6-13-24-19)22-17-10-5-8-15-7-3-4-9-16(15)17/h2-4,6-7,9,11,13-14H,1,5,8,10,12H2. The molecule has 25 heavy (non-hydrogen) atoms. The van der Waals surface area contributed by atoms with Crippen LogP contribution in [-0.2, 0) is 6.42 Å². The van der Waals surface area contributed by atoms with Gasteiger partial charge in [-0.2, -0.15) is 5.10 Å². The first-order valence-electron chi connectivity index (χ1n) is 8.39. The fourth-order valence-corrected chi connectivity index (χ4v) is 4.70. The maximum atomic E-state index is 5.05. The second kappa shape index (κ2) is 7.33. The van der Waals surface area contributed by atoms with Gasteiger partial charge in [-0.15, -0.1) is 29.3 Å². The van der Waals surface area contributed by atoms with E-state index in [9.17, 15) is 0 Å². The Balaban J connectivity index is 1.88. The van der Waals surface area contributed by atoms with Crippen molar-refractivity contribution in [3.8, 4) is 10.6 Å². The van der Waals surface area contributed by atoms with Crippen molar-refractivity contribution in [1.82, 2.24) is 4.68 Å². The summed E-state index contributed by atoms with van der Waals surface area (Å²) >= 11 is 3.36. The molecule has 0 aliphatic heterocycles. The normalized spacial score (nSPS) is 16.2. The summed E-state index contributed by atoms with van der Waals surface area (Å²) in [6, 6.07) is 12.8. The van der Waals surface area contributed by atoms with Crippen LogP contribution < -0.4 is 4.80 Å². The van der Waals surface area contributed by atoms with E-state index in [-0.39, 0.29) is 0 Å². The summed E-state index contributed by atoms with van der Waals surface area (Å²) in [4.78, 5) is 6.77. The summed E-state index contributed by atoms with van der Waals surface area (Å²) in [6.45, 7) is 4.38. The second-order valence-corrected chi connectivity index (χ2v) is 7.66. The summed E-state index contributed by atoms with van der Waals surface area (Å²) in [5, 5.41) is 9.29. The van der Waals surface area contributed by atoms with Gasteiger partial charge in [0.2, 0.25) is 4.80 Å². The molecule has 2 heterocycles. The minimum absolute atomic E-state index is 0.603. The van der Waals surface area contributed by atoms with E-state index >= 15 is 0 Å². The van der Waals surface area contributed by atoms with E-state index in [4.69, 9.17) is 5.10 Å². The molecule has 1 aromatic carbocycles. The molecule has 1 aliphatic carbocycles. The van der Waals surface area contributed by atoms with E-state index in [1.807, 2.05) is 10.8 Å². The molecule has 126 valence electrons. The fourth-order valence-electron chi connectivity index (χ4n) is 3.07. The number of aryl methyl sites for hydroxylation is 1. The summed E-state index contributed by atoms with van der Waals surface area (Å²) in [5.41, 5.74) is 4.93. The highest BCUT2D eigenvalue weighted by molar-refractivity contribution is 7.14. The van der Waals surface area contributed by atoms with Crippen LogP contribution in [0.2, 0.25) is 0 Å². The summed E-state index contributed by atoms with van der Waals surface area (Å²) in [7, 11) is 0. The minimum Gasteiger partial charge on any atom is -0.253 e. The van der Waals surface area contributed by atoms with Gasteiger partial charge in [0.05, 0.1) is 22.8 Å². The van der Waals surface area contributed by atoms with Crippen molar-refractivity contribution >= 4 is 28.4 Å². The van der Waals surface area contributed by atoms with E-state index in [0.29, 0.717) is 6.54 Å². The van der Waals surface area contributed by atoms with Gasteiger partial charge in [0.25, 0.3) is 0 Å². The molecule has 0 atom stereocenters. The van der Waals surface area contributed by atoms with Crippen LogP contribution in [0.4, 0.5) is 0 Å². The van der Waals surface area contributed by atoms with Gasteiger partial charge in [-0.1, -0.05) is 36.4 Å². The summed E-state index contributed by atoms with van der Waals surface area (Å²) in [5.74, 6) is 0. The Morgan fingerprint density at radius 3 is 2.88 bits per heavy atom. The summed E-state index contributed by atoms with van der Waals surface area (Å²) in [6.07, 6.45) is 5.10. The van der Waals surface area contributed by atoms with Gasteiger partial charge in [0.1, 0.15) is 0 Å². The van der Waals surface area contributed by atoms with E-state index in [1.165, 1.54) is 16.0 Å². The largest absolute Gasteiger partial charge is 0.253 e. The average molecular weight is 366 g/mol. The molecule has 0 fully saturated rings. The molecule has 3 aromatic rings. The van der Waals surface area contributed by atoms with Crippen molar-refractivity contribution in [1.29, 1.82) is 0 Å². The fraction of sp³-hybridized carbons (Fsp3) is 0.200. The molecule has 0 radical (unpaired) electrons. The van der Waals surface area contributed by atoms with Crippen molar-refractivity contribution in [2.45, 2.75) is 19.3 Å². The predicted octanol–water partition coefficient (Wildman–Crippen LogP) is 4.95. The van der Waals surface area contributed by atoms with Crippen LogP contribution >= 0.6 is 22.7 Å². The maximum absolute atomic E-state index is 5.05. The second-order valence-electron chi connectivity index (χ2n) is 5.88. The maximum Gasteiger partial charge on any atom is 0.206 e. The zero-order chi connectivity index (χ0) is 17.1. The third-order valence-electron chi connectivity index (χ3n) is 4.22. The van der Waals surface area contributed by atoms with Crippen LogP contribution in [0.25, 0.3) is 10.6 Å². The zero-order valence-electron chi connectivity index (χ0n) is 13.9. The molecule has 1 aliphatic rings. The number of hydrogen-bond donors (Lipinski definition) is 0. The van der Waals surface area contributed by atoms with Gasteiger partial charge in [-0.3, -0.25) is 4.99 Å². The number of thiazole rings is 1. The molecule has 0 spiro atoms. The Bertz CT molecular complexity index is 975. The molecule has 0 saturated carbocycles. The molecule has 0 N–H and O–H groups in total. The average Bonchev–Trinajstić information content (AvgIpc) is 3.30. The first-order chi connectivity index (χ1) is 12.4. The first-order valence-corrected chi connectivity index (χ1v) is 10.1. The zero-order valence-corrected chi connectivity index (χ0v) is 15.5. The molecular weight excluding hydrogens is 346 g/mol. The highest BCUT2D eigenvalue weighted by Gasteiger charge is 2.16. The van der Waals surface area contributed by atoms with Gasteiger partial charge >= 0.3 is 0 Å². The molecule has 5 heteroatoms. The SMILES string of the molecule is C=CCN=c1scc(-c2cccs2)n1N=C1CCCc2ccccc21. The predicted molar refractivity (Wildman–Crippen MR) is 108 cm³/mol. The topological polar surface area (TPSA) is 29.6 Å². The first kappa shape index (κ1) is 16.2. The van der Waals surface area contributed by atoms with Crippen LogP contribution in [0.3, 0.4) is 0 Å². The Hall–Kier alpha value is -2.24. The number of fused-ring (bicyclic) bond motifs is 1. The number of rotatable bonds is 4. The monoisotopic (exact) mass is 365 g/mol. The number of aromatic nitrogens is 1. The van der Waals surface area contributed by atoms with Crippen LogP contribution in [0, 0.1) is 0 Å². The van der Waals surface area contributed by atoms with Crippen LogP contribution in [0.15, 0.2) is 69.9 Å². The van der Waals surface area contributed by atoms with Crippen molar-refractivity contribution in [2.24, 2.45) is 10.1 Å². The van der Waals surface area contributed by atoms with E-state index in [1.54, 1.807) is 22.7 Å². The van der Waals surface area contributed by atoms with E-state index in [0.717, 1.165) is 35.5 Å². The van der Waals surface area contributed by atoms with Gasteiger partial charge in [-0.05, 0) is 36.3 Å². The van der Waals surface area contributed by atoms with Gasteiger partial charge in [0, 0.05) is 10.9 Å². The van der Waals surface area contributed by atoms with Gasteiger partial charge < -0.3 is 0 Å². The molecular formula is C20H19N3S2. The molecule has 4 rings (SSSR count). The molecule has 0 amide bonds. The van der Waals surface area contributed by atoms with Crippen molar-refractivity contribution in [2.75, 3.05) is 6.54 Å². The minimum atomic E-state index is 0.603. The molecule has 0 bridgehead atoms. The number of nitrogens with zero attached hydrogens (tertiary/aromatic N) is 3. The van der Waals surface area contributed by atoms with Crippen LogP contribution in [0.5, 0.6) is 0 Å². The number of thiophene rings is 1. The third-order valence-corrected chi connectivity index (χ3v) is 5.97. The van der Waals surface area contributed by atoms with E-state index < -0.39 is 0 Å². The number of benzene rings is 1. The highest BCUT2D eigenvalue weighted by Crippen LogP contribution is 2.27. The van der Waals surface area contributed by atoms with Gasteiger partial charge in [-0.25, -0.2) is 4.68 Å². The summed E-state index contributed by atoms with van der Waals surface area (Å²) < 4.78 is 2.01. The Labute approximate surface area is 155 Å². The molecule has 3 nitrogen and oxygen atoms in total. The van der Waals surface area contributed by atoms with Crippen molar-refractivity contribution in [3.05, 3.63) is 75.7 Å². The lowest BCUT2D eigenvalue weighted by Crippen LogP contribution is -2.18. The highest BCUT2D eigenvalue weighted by atomic mass is 32.1. The molecule has 0 saturated heterocycles. The van der Waals surface area contributed by atoms with E-state index in [2.05, 4.69) is 58.7 Å². The van der Waals surface area contributed by atoms with Crippen molar-refractivity contribution in [3.63, 3.8) is 0 Å². The van der Waals surface area contributed by atoms with Crippen LogP contribution in [-0.4, -0.2) is 16.9 Å². The Kier molecular flexibility index (Phi) is 4.76. The lowest BCUT2D eigenvalue weighted by Gasteiger charge is -2.17. The smallest absolute Gasteiger partial charge is 0.206 e. The Morgan fingerprint density at radius 2 is 2.04 bits per heavy atom. The van der Waals surface area contributed by atoms with Gasteiger partial charge in [0.15, 0.2) is 0 Å².